The number of benzene rings is 2. The van der Waals surface area contributed by atoms with Crippen LogP contribution in [0.15, 0.2) is 41.3 Å². The Morgan fingerprint density at radius 2 is 1.79 bits per heavy atom. The molecule has 1 aliphatic heterocycles. The number of aryl methyl sites for hydroxylation is 2. The lowest BCUT2D eigenvalue weighted by molar-refractivity contribution is -0.121. The van der Waals surface area contributed by atoms with Gasteiger partial charge in [0.1, 0.15) is 11.9 Å². The van der Waals surface area contributed by atoms with Crippen molar-refractivity contribution in [2.45, 2.75) is 37.6 Å². The van der Waals surface area contributed by atoms with Gasteiger partial charge in [0.05, 0.1) is 15.1 Å². The van der Waals surface area contributed by atoms with Crippen molar-refractivity contribution >= 4 is 42.6 Å². The van der Waals surface area contributed by atoms with E-state index in [0.717, 1.165) is 33.5 Å². The summed E-state index contributed by atoms with van der Waals surface area (Å²) in [5, 5.41) is 0.574. The van der Waals surface area contributed by atoms with Crippen LogP contribution in [0.25, 0.3) is 10.2 Å². The predicted octanol–water partition coefficient (Wildman–Crippen LogP) is 3.80. The van der Waals surface area contributed by atoms with E-state index in [0.29, 0.717) is 31.1 Å². The van der Waals surface area contributed by atoms with Gasteiger partial charge in [0, 0.05) is 19.6 Å². The van der Waals surface area contributed by atoms with Crippen LogP contribution in [0.1, 0.15) is 24.0 Å². The highest BCUT2D eigenvalue weighted by Crippen LogP contribution is 2.35. The fourth-order valence-electron chi connectivity index (χ4n) is 4.16. The predicted molar refractivity (Wildman–Crippen MR) is 133 cm³/mol. The van der Waals surface area contributed by atoms with E-state index in [9.17, 15) is 17.6 Å². The Bertz CT molecular complexity index is 1270. The van der Waals surface area contributed by atoms with Crippen LogP contribution in [0.2, 0.25) is 0 Å². The number of anilines is 1. The highest BCUT2D eigenvalue weighted by Gasteiger charge is 2.42. The number of thiazole rings is 1. The van der Waals surface area contributed by atoms with Gasteiger partial charge in [0.25, 0.3) is 0 Å². The van der Waals surface area contributed by atoms with Gasteiger partial charge in [0.2, 0.25) is 15.9 Å². The summed E-state index contributed by atoms with van der Waals surface area (Å²) in [4.78, 5) is 22.2. The first-order chi connectivity index (χ1) is 16.1. The van der Waals surface area contributed by atoms with Crippen molar-refractivity contribution in [2.24, 2.45) is 0 Å². The average Bonchev–Trinajstić information content (AvgIpc) is 3.45. The molecule has 2 aromatic carbocycles. The minimum atomic E-state index is -3.94. The number of fused-ring (bicyclic) bond motifs is 1. The molecule has 34 heavy (non-hydrogen) atoms. The standard InChI is InChI=1S/C24H29FN4O3S2/c1-16-7-8-17(2)22-21(16)26-24(33-22)28(15-14-27(3)4)23(30)20-6-5-13-29(20)34(31,32)19-11-9-18(25)10-12-19/h7-12,20H,5-6,13-15H2,1-4H3. The molecule has 7 nitrogen and oxygen atoms in total. The number of aromatic nitrogens is 1. The van der Waals surface area contributed by atoms with Crippen LogP contribution in [-0.4, -0.2) is 68.3 Å². The Labute approximate surface area is 203 Å². The third-order valence-electron chi connectivity index (χ3n) is 6.11. The number of hydrogen-bond acceptors (Lipinski definition) is 6. The highest BCUT2D eigenvalue weighted by atomic mass is 32.2. The van der Waals surface area contributed by atoms with Gasteiger partial charge >= 0.3 is 0 Å². The molecule has 1 saturated heterocycles. The third kappa shape index (κ3) is 4.72. The Morgan fingerprint density at radius 1 is 1.12 bits per heavy atom. The number of halogens is 1. The second-order valence-electron chi connectivity index (χ2n) is 8.89. The first kappa shape index (κ1) is 24.7. The van der Waals surface area contributed by atoms with Gasteiger partial charge in [0.15, 0.2) is 5.13 Å². The molecule has 2 heterocycles. The third-order valence-corrected chi connectivity index (χ3v) is 9.24. The Morgan fingerprint density at radius 3 is 2.44 bits per heavy atom. The molecular weight excluding hydrogens is 475 g/mol. The maximum atomic E-state index is 13.9. The minimum absolute atomic E-state index is 0.0142. The molecule has 0 aliphatic carbocycles. The van der Waals surface area contributed by atoms with Crippen molar-refractivity contribution in [3.8, 4) is 0 Å². The number of likely N-dealkylation sites (N-methyl/N-ethyl adjacent to an activating group) is 1. The zero-order chi connectivity index (χ0) is 24.6. The van der Waals surface area contributed by atoms with Crippen LogP contribution in [0, 0.1) is 19.7 Å². The Hall–Kier alpha value is -2.40. The number of carbonyl (C=O) groups is 1. The molecule has 1 unspecified atom stereocenters. The quantitative estimate of drug-likeness (QED) is 0.489. The number of amides is 1. The molecule has 1 fully saturated rings. The molecule has 0 saturated carbocycles. The van der Waals surface area contributed by atoms with Gasteiger partial charge < -0.3 is 4.90 Å². The largest absolute Gasteiger partial charge is 0.308 e. The lowest BCUT2D eigenvalue weighted by atomic mass is 10.1. The SMILES string of the molecule is Cc1ccc(C)c2sc(N(CCN(C)C)C(=O)C3CCCN3S(=O)(=O)c3ccc(F)cc3)nc12. The monoisotopic (exact) mass is 504 g/mol. The maximum absolute atomic E-state index is 13.9. The molecule has 0 radical (unpaired) electrons. The highest BCUT2D eigenvalue weighted by molar-refractivity contribution is 7.89. The summed E-state index contributed by atoms with van der Waals surface area (Å²) in [6.07, 6.45) is 1.01. The summed E-state index contributed by atoms with van der Waals surface area (Å²) in [5.74, 6) is -0.788. The zero-order valence-electron chi connectivity index (χ0n) is 19.8. The van der Waals surface area contributed by atoms with Gasteiger partial charge in [-0.1, -0.05) is 23.5 Å². The molecule has 182 valence electrons. The van der Waals surface area contributed by atoms with Gasteiger partial charge in [-0.05, 0) is 76.2 Å². The summed E-state index contributed by atoms with van der Waals surface area (Å²) in [6, 6.07) is 7.96. The van der Waals surface area contributed by atoms with E-state index in [2.05, 4.69) is 0 Å². The molecular formula is C24H29FN4O3S2. The fourth-order valence-corrected chi connectivity index (χ4v) is 6.95. The van der Waals surface area contributed by atoms with Crippen LogP contribution in [0.3, 0.4) is 0 Å². The number of hydrogen-bond donors (Lipinski definition) is 0. The van der Waals surface area contributed by atoms with E-state index >= 15 is 0 Å². The van der Waals surface area contributed by atoms with Crippen molar-refractivity contribution in [3.05, 3.63) is 53.3 Å². The van der Waals surface area contributed by atoms with Crippen LogP contribution in [-0.2, 0) is 14.8 Å². The Balaban J connectivity index is 1.70. The zero-order valence-corrected chi connectivity index (χ0v) is 21.4. The molecule has 1 aliphatic rings. The van der Waals surface area contributed by atoms with Crippen molar-refractivity contribution < 1.29 is 17.6 Å². The van der Waals surface area contributed by atoms with Crippen LogP contribution >= 0.6 is 11.3 Å². The van der Waals surface area contributed by atoms with E-state index in [1.165, 1.54) is 27.8 Å². The number of sulfonamides is 1. The molecule has 3 aromatic rings. The van der Waals surface area contributed by atoms with E-state index in [-0.39, 0.29) is 17.3 Å². The van der Waals surface area contributed by atoms with E-state index < -0.39 is 21.9 Å². The summed E-state index contributed by atoms with van der Waals surface area (Å²) in [7, 11) is -0.0894. The number of rotatable bonds is 7. The van der Waals surface area contributed by atoms with E-state index in [1.807, 2.05) is 45.0 Å². The lowest BCUT2D eigenvalue weighted by Crippen LogP contribution is -2.49. The summed E-state index contributed by atoms with van der Waals surface area (Å²) >= 11 is 1.46. The van der Waals surface area contributed by atoms with Gasteiger partial charge in [-0.25, -0.2) is 17.8 Å². The second-order valence-corrected chi connectivity index (χ2v) is 11.8. The first-order valence-electron chi connectivity index (χ1n) is 11.2. The van der Waals surface area contributed by atoms with Crippen LogP contribution in [0.5, 0.6) is 0 Å². The number of nitrogens with zero attached hydrogens (tertiary/aromatic N) is 4. The molecule has 4 rings (SSSR count). The van der Waals surface area contributed by atoms with Crippen molar-refractivity contribution in [1.29, 1.82) is 0 Å². The topological polar surface area (TPSA) is 73.8 Å². The average molecular weight is 505 g/mol. The Kier molecular flexibility index (Phi) is 7.04. The fraction of sp³-hybridized carbons (Fsp3) is 0.417. The van der Waals surface area contributed by atoms with Crippen LogP contribution < -0.4 is 4.90 Å². The first-order valence-corrected chi connectivity index (χ1v) is 13.5. The van der Waals surface area contributed by atoms with Gasteiger partial charge in [-0.15, -0.1) is 0 Å². The molecule has 0 spiro atoms. The number of carbonyl (C=O) groups excluding carboxylic acids is 1. The second kappa shape index (κ2) is 9.69. The van der Waals surface area contributed by atoms with E-state index in [1.54, 1.807) is 4.90 Å². The minimum Gasteiger partial charge on any atom is -0.308 e. The van der Waals surface area contributed by atoms with Crippen molar-refractivity contribution in [3.63, 3.8) is 0 Å². The van der Waals surface area contributed by atoms with Gasteiger partial charge in [-0.3, -0.25) is 9.69 Å². The maximum Gasteiger partial charge on any atom is 0.247 e. The lowest BCUT2D eigenvalue weighted by Gasteiger charge is -2.29. The summed E-state index contributed by atoms with van der Waals surface area (Å²) in [6.45, 7) is 5.26. The molecule has 10 heteroatoms. The van der Waals surface area contributed by atoms with Crippen LogP contribution in [0.4, 0.5) is 9.52 Å². The molecule has 1 amide bonds. The van der Waals surface area contributed by atoms with Gasteiger partial charge in [-0.2, -0.15) is 4.31 Å². The summed E-state index contributed by atoms with van der Waals surface area (Å²) < 4.78 is 42.3. The molecule has 0 N–H and O–H groups in total. The molecule has 1 atom stereocenters. The molecule has 1 aromatic heterocycles. The van der Waals surface area contributed by atoms with E-state index in [4.69, 9.17) is 4.98 Å². The van der Waals surface area contributed by atoms with Crippen molar-refractivity contribution in [2.75, 3.05) is 38.6 Å². The van der Waals surface area contributed by atoms with Crippen molar-refractivity contribution in [1.82, 2.24) is 14.2 Å². The smallest absolute Gasteiger partial charge is 0.247 e. The molecule has 0 bridgehead atoms. The normalized spacial score (nSPS) is 17.1. The summed E-state index contributed by atoms with van der Waals surface area (Å²) in [5.41, 5.74) is 2.99.